The molecule has 0 saturated carbocycles. The highest BCUT2D eigenvalue weighted by Gasteiger charge is 2.29. The number of anilines is 2. The first kappa shape index (κ1) is 18.0. The molecule has 2 fully saturated rings. The van der Waals surface area contributed by atoms with E-state index in [-0.39, 0.29) is 6.03 Å². The molecule has 0 bridgehead atoms. The highest BCUT2D eigenvalue weighted by molar-refractivity contribution is 5.90. The second-order valence-corrected chi connectivity index (χ2v) is 7.04. The molecule has 2 aliphatic rings. The lowest BCUT2D eigenvalue weighted by Gasteiger charge is -2.26. The number of aromatic nitrogens is 1. The Morgan fingerprint density at radius 1 is 1.24 bits per heavy atom. The summed E-state index contributed by atoms with van der Waals surface area (Å²) in [5.74, 6) is 1.02. The van der Waals surface area contributed by atoms with Crippen LogP contribution in [0.2, 0.25) is 0 Å². The van der Waals surface area contributed by atoms with Crippen molar-refractivity contribution in [2.45, 2.75) is 46.1 Å². The topological polar surface area (TPSA) is 51.7 Å². The first-order valence-corrected chi connectivity index (χ1v) is 9.65. The van der Waals surface area contributed by atoms with Crippen LogP contribution in [0.1, 0.15) is 38.8 Å². The molecule has 1 aromatic rings. The van der Waals surface area contributed by atoms with Crippen molar-refractivity contribution in [3.05, 3.63) is 17.8 Å². The minimum Gasteiger partial charge on any atom is -0.357 e. The van der Waals surface area contributed by atoms with Gasteiger partial charge in [-0.05, 0) is 51.4 Å². The molecule has 1 N–H and O–H groups in total. The molecule has 0 aromatic carbocycles. The second kappa shape index (κ2) is 8.04. The molecule has 2 aliphatic heterocycles. The van der Waals surface area contributed by atoms with Crippen molar-refractivity contribution < 1.29 is 4.79 Å². The minimum absolute atomic E-state index is 0.00604. The number of hydrogen-bond acceptors (Lipinski definition) is 4. The maximum atomic E-state index is 12.6. The molecule has 0 aliphatic carbocycles. The summed E-state index contributed by atoms with van der Waals surface area (Å²) >= 11 is 0. The molecule has 0 radical (unpaired) electrons. The van der Waals surface area contributed by atoms with Gasteiger partial charge in [0.1, 0.15) is 5.82 Å². The lowest BCUT2D eigenvalue weighted by atomic mass is 10.2. The monoisotopic (exact) mass is 345 g/mol. The van der Waals surface area contributed by atoms with Gasteiger partial charge in [0.25, 0.3) is 0 Å². The van der Waals surface area contributed by atoms with Crippen LogP contribution < -0.4 is 10.2 Å². The van der Waals surface area contributed by atoms with Crippen LogP contribution in [0.15, 0.2) is 12.1 Å². The molecule has 0 spiro atoms. The fraction of sp³-hybridized carbons (Fsp3) is 0.684. The number of likely N-dealkylation sites (tertiary alicyclic amines) is 1. The van der Waals surface area contributed by atoms with Crippen LogP contribution in [0.4, 0.5) is 16.3 Å². The Bertz CT molecular complexity index is 595. The zero-order chi connectivity index (χ0) is 17.8. The minimum atomic E-state index is -0.00604. The summed E-state index contributed by atoms with van der Waals surface area (Å²) in [6.45, 7) is 12.2. The molecular weight excluding hydrogens is 314 g/mol. The molecule has 3 heterocycles. The first-order valence-electron chi connectivity index (χ1n) is 9.65. The highest BCUT2D eigenvalue weighted by atomic mass is 16.2. The van der Waals surface area contributed by atoms with E-state index in [9.17, 15) is 4.79 Å². The van der Waals surface area contributed by atoms with Gasteiger partial charge < -0.3 is 15.1 Å². The van der Waals surface area contributed by atoms with Gasteiger partial charge in [-0.15, -0.1) is 0 Å². The predicted molar refractivity (Wildman–Crippen MR) is 102 cm³/mol. The first-order chi connectivity index (χ1) is 12.1. The van der Waals surface area contributed by atoms with Gasteiger partial charge in [-0.25, -0.2) is 9.78 Å². The van der Waals surface area contributed by atoms with Crippen LogP contribution >= 0.6 is 0 Å². The number of nitrogens with one attached hydrogen (secondary N) is 1. The Morgan fingerprint density at radius 3 is 2.60 bits per heavy atom. The fourth-order valence-corrected chi connectivity index (χ4v) is 3.96. The van der Waals surface area contributed by atoms with E-state index < -0.39 is 0 Å². The van der Waals surface area contributed by atoms with Crippen molar-refractivity contribution in [1.29, 1.82) is 0 Å². The van der Waals surface area contributed by atoms with Crippen molar-refractivity contribution in [2.75, 3.05) is 49.5 Å². The highest BCUT2D eigenvalue weighted by Crippen LogP contribution is 2.23. The van der Waals surface area contributed by atoms with E-state index in [0.29, 0.717) is 6.04 Å². The summed E-state index contributed by atoms with van der Waals surface area (Å²) in [6, 6.07) is 4.49. The Balaban J connectivity index is 1.59. The van der Waals surface area contributed by atoms with Crippen LogP contribution in [-0.2, 0) is 0 Å². The number of likely N-dealkylation sites (N-methyl/N-ethyl adjacent to an activating group) is 1. The summed E-state index contributed by atoms with van der Waals surface area (Å²) in [4.78, 5) is 24.0. The number of carbonyl (C=O) groups is 1. The quantitative estimate of drug-likeness (QED) is 0.891. The molecule has 25 heavy (non-hydrogen) atoms. The molecule has 3 rings (SSSR count). The number of pyridine rings is 1. The van der Waals surface area contributed by atoms with Crippen molar-refractivity contribution in [3.8, 4) is 0 Å². The number of carbonyl (C=O) groups excluding carboxylic acids is 1. The Morgan fingerprint density at radius 2 is 1.96 bits per heavy atom. The van der Waals surface area contributed by atoms with E-state index in [4.69, 9.17) is 0 Å². The molecule has 1 unspecified atom stereocenters. The molecule has 2 saturated heterocycles. The average Bonchev–Trinajstić information content (AvgIpc) is 3.29. The van der Waals surface area contributed by atoms with Crippen molar-refractivity contribution in [3.63, 3.8) is 0 Å². The molecule has 1 aromatic heterocycles. The SMILES string of the molecule is CCN(CC)C1CCN(C(=O)Nc2ccc(N3CCCC3)nc2C)C1. The third-order valence-corrected chi connectivity index (χ3v) is 5.52. The fourth-order valence-electron chi connectivity index (χ4n) is 3.96. The number of nitrogens with zero attached hydrogens (tertiary/aromatic N) is 4. The molecule has 6 heteroatoms. The zero-order valence-electron chi connectivity index (χ0n) is 15.8. The van der Waals surface area contributed by atoms with E-state index in [1.807, 2.05) is 24.0 Å². The van der Waals surface area contributed by atoms with E-state index >= 15 is 0 Å². The molecule has 1 atom stereocenters. The maximum absolute atomic E-state index is 12.6. The van der Waals surface area contributed by atoms with Gasteiger partial charge in [-0.3, -0.25) is 4.90 Å². The van der Waals surface area contributed by atoms with Crippen molar-refractivity contribution in [1.82, 2.24) is 14.8 Å². The molecular formula is C19H31N5O. The van der Waals surface area contributed by atoms with Crippen molar-refractivity contribution >= 4 is 17.5 Å². The summed E-state index contributed by atoms with van der Waals surface area (Å²) in [5, 5.41) is 3.05. The average molecular weight is 345 g/mol. The summed E-state index contributed by atoms with van der Waals surface area (Å²) < 4.78 is 0. The van der Waals surface area contributed by atoms with Crippen LogP contribution in [0.5, 0.6) is 0 Å². The van der Waals surface area contributed by atoms with E-state index in [0.717, 1.165) is 62.9 Å². The van der Waals surface area contributed by atoms with E-state index in [1.54, 1.807) is 0 Å². The van der Waals surface area contributed by atoms with Crippen LogP contribution in [0, 0.1) is 6.92 Å². The number of amides is 2. The predicted octanol–water partition coefficient (Wildman–Crippen LogP) is 2.94. The Kier molecular flexibility index (Phi) is 5.78. The summed E-state index contributed by atoms with van der Waals surface area (Å²) in [6.07, 6.45) is 3.53. The van der Waals surface area contributed by atoms with Crippen LogP contribution in [0.3, 0.4) is 0 Å². The Hall–Kier alpha value is -1.82. The second-order valence-electron chi connectivity index (χ2n) is 7.04. The lowest BCUT2D eigenvalue weighted by Crippen LogP contribution is -2.39. The van der Waals surface area contributed by atoms with Gasteiger partial charge in [0.2, 0.25) is 0 Å². The normalized spacial score (nSPS) is 20.6. The zero-order valence-corrected chi connectivity index (χ0v) is 15.8. The number of rotatable bonds is 5. The van der Waals surface area contributed by atoms with Gasteiger partial charge >= 0.3 is 6.03 Å². The van der Waals surface area contributed by atoms with Crippen LogP contribution in [0.25, 0.3) is 0 Å². The molecule has 138 valence electrons. The third kappa shape index (κ3) is 4.06. The lowest BCUT2D eigenvalue weighted by molar-refractivity contribution is 0.202. The largest absolute Gasteiger partial charge is 0.357 e. The van der Waals surface area contributed by atoms with E-state index in [1.165, 1.54) is 12.8 Å². The maximum Gasteiger partial charge on any atom is 0.321 e. The Labute approximate surface area is 151 Å². The van der Waals surface area contributed by atoms with Gasteiger partial charge in [0.15, 0.2) is 0 Å². The third-order valence-electron chi connectivity index (χ3n) is 5.52. The summed E-state index contributed by atoms with van der Waals surface area (Å²) in [7, 11) is 0. The van der Waals surface area contributed by atoms with Crippen LogP contribution in [-0.4, -0.2) is 66.1 Å². The number of aryl methyl sites for hydroxylation is 1. The van der Waals surface area contributed by atoms with Crippen molar-refractivity contribution in [2.24, 2.45) is 0 Å². The standard InChI is InChI=1S/C19H31N5O/c1-4-22(5-2)16-10-13-24(14-16)19(25)21-17-8-9-18(20-15(17)3)23-11-6-7-12-23/h8-9,16H,4-7,10-14H2,1-3H3,(H,21,25). The molecule has 6 nitrogen and oxygen atoms in total. The number of urea groups is 1. The molecule has 2 amide bonds. The van der Waals surface area contributed by atoms with Gasteiger partial charge in [-0.1, -0.05) is 13.8 Å². The number of hydrogen-bond donors (Lipinski definition) is 1. The van der Waals surface area contributed by atoms with Gasteiger partial charge in [0, 0.05) is 32.2 Å². The smallest absolute Gasteiger partial charge is 0.321 e. The van der Waals surface area contributed by atoms with Gasteiger partial charge in [0.05, 0.1) is 11.4 Å². The van der Waals surface area contributed by atoms with E-state index in [2.05, 4.69) is 33.9 Å². The van der Waals surface area contributed by atoms with Gasteiger partial charge in [-0.2, -0.15) is 0 Å². The summed E-state index contributed by atoms with van der Waals surface area (Å²) in [5.41, 5.74) is 1.71.